The number of anilines is 2. The number of para-hydroxylation sites is 2. The molecule has 1 aromatic carbocycles. The molecule has 0 saturated heterocycles. The van der Waals surface area contributed by atoms with Gasteiger partial charge in [0.2, 0.25) is 11.7 Å². The number of nitrogens with two attached hydrogens (primary N) is 3. The smallest absolute Gasteiger partial charge is 0.242 e. The van der Waals surface area contributed by atoms with Crippen molar-refractivity contribution in [2.45, 2.75) is 31.8 Å². The molecule has 3 heterocycles. The van der Waals surface area contributed by atoms with Crippen molar-refractivity contribution in [1.29, 1.82) is 0 Å². The molecule has 0 spiro atoms. The van der Waals surface area contributed by atoms with Gasteiger partial charge in [0, 0.05) is 24.8 Å². The summed E-state index contributed by atoms with van der Waals surface area (Å²) >= 11 is 0. The molecule has 37 heavy (non-hydrogen) atoms. The summed E-state index contributed by atoms with van der Waals surface area (Å²) in [6, 6.07) is 9.96. The summed E-state index contributed by atoms with van der Waals surface area (Å²) in [7, 11) is 0. The molecule has 0 fully saturated rings. The van der Waals surface area contributed by atoms with Crippen molar-refractivity contribution >= 4 is 34.4 Å². The minimum absolute atomic E-state index is 0.0293. The number of nitrogens with one attached hydrogen (secondary N) is 2. The summed E-state index contributed by atoms with van der Waals surface area (Å²) in [4.78, 5) is 34.4. The third kappa shape index (κ3) is 6.14. The largest absolute Gasteiger partial charge is 0.364 e. The number of benzene rings is 1. The first-order chi connectivity index (χ1) is 18.0. The lowest BCUT2D eigenvalue weighted by Gasteiger charge is -2.12. The Morgan fingerprint density at radius 3 is 2.65 bits per heavy atom. The molecule has 13 heteroatoms. The number of fused-ring (bicyclic) bond motifs is 1. The second-order valence-corrected chi connectivity index (χ2v) is 8.42. The van der Waals surface area contributed by atoms with E-state index in [9.17, 15) is 9.59 Å². The first-order valence-electron chi connectivity index (χ1n) is 12.0. The fraction of sp³-hybridized carbons (Fsp3) is 0.333. The molecule has 0 aliphatic rings. The van der Waals surface area contributed by atoms with E-state index in [4.69, 9.17) is 21.8 Å². The van der Waals surface area contributed by atoms with Crippen LogP contribution in [0.1, 0.15) is 29.6 Å². The minimum Gasteiger partial charge on any atom is -0.364 e. The van der Waals surface area contributed by atoms with Gasteiger partial charge in [-0.15, -0.1) is 0 Å². The predicted molar refractivity (Wildman–Crippen MR) is 139 cm³/mol. The van der Waals surface area contributed by atoms with Crippen molar-refractivity contribution in [3.8, 4) is 11.5 Å². The molecule has 1 amide bonds. The molecule has 8 N–H and O–H groups in total. The van der Waals surface area contributed by atoms with Gasteiger partial charge in [-0.25, -0.2) is 14.6 Å². The molecule has 0 saturated carbocycles. The van der Waals surface area contributed by atoms with Gasteiger partial charge >= 0.3 is 0 Å². The summed E-state index contributed by atoms with van der Waals surface area (Å²) in [5.41, 5.74) is 19.2. The number of nitrogens with zero attached hydrogens (tertiary/aromatic N) is 5. The second-order valence-electron chi connectivity index (χ2n) is 8.42. The average molecular weight is 507 g/mol. The van der Waals surface area contributed by atoms with E-state index in [-0.39, 0.29) is 18.2 Å². The number of imidazole rings is 1. The van der Waals surface area contributed by atoms with E-state index < -0.39 is 6.04 Å². The molecular weight excluding hydrogens is 476 g/mol. The summed E-state index contributed by atoms with van der Waals surface area (Å²) in [6.07, 6.45) is 3.53. The molecule has 194 valence electrons. The van der Waals surface area contributed by atoms with Crippen LogP contribution in [0, 0.1) is 0 Å². The van der Waals surface area contributed by atoms with Crippen LogP contribution in [0.5, 0.6) is 0 Å². The number of carbonyl (C=O) groups excluding carboxylic acids is 2. The fourth-order valence-electron chi connectivity index (χ4n) is 3.78. The van der Waals surface area contributed by atoms with Gasteiger partial charge in [-0.1, -0.05) is 18.6 Å². The zero-order valence-corrected chi connectivity index (χ0v) is 20.3. The zero-order chi connectivity index (χ0) is 26.2. The van der Waals surface area contributed by atoms with Gasteiger partial charge in [0.15, 0.2) is 17.3 Å². The van der Waals surface area contributed by atoms with Crippen LogP contribution >= 0.6 is 0 Å². The highest BCUT2D eigenvalue weighted by atomic mass is 16.6. The Bertz CT molecular complexity index is 1350. The van der Waals surface area contributed by atoms with Crippen LogP contribution in [-0.4, -0.2) is 62.2 Å². The van der Waals surface area contributed by atoms with Crippen molar-refractivity contribution < 1.29 is 14.2 Å². The minimum atomic E-state index is -0.655. The molecule has 0 bridgehead atoms. The van der Waals surface area contributed by atoms with Crippen LogP contribution in [0.25, 0.3) is 22.6 Å². The average Bonchev–Trinajstić information content (AvgIpc) is 3.52. The molecule has 0 radical (unpaired) electrons. The van der Waals surface area contributed by atoms with E-state index in [1.165, 1.54) is 6.20 Å². The van der Waals surface area contributed by atoms with Gasteiger partial charge in [-0.05, 0) is 54.0 Å². The summed E-state index contributed by atoms with van der Waals surface area (Å²) in [6.45, 7) is 1.39. The molecule has 0 aliphatic heterocycles. The molecule has 1 atom stereocenters. The van der Waals surface area contributed by atoms with Crippen molar-refractivity contribution in [1.82, 2.24) is 24.8 Å². The SMILES string of the molecule is NCCCCC(N)C(=O)Nc1ccc(C(=O)Cn2c(-c3nonc3NCCN)nc3ccccc32)cn1. The predicted octanol–water partition coefficient (Wildman–Crippen LogP) is 1.13. The van der Waals surface area contributed by atoms with Gasteiger partial charge in [0.1, 0.15) is 5.82 Å². The van der Waals surface area contributed by atoms with Crippen molar-refractivity contribution in [2.75, 3.05) is 30.3 Å². The number of hydrogen-bond acceptors (Lipinski definition) is 11. The molecule has 4 rings (SSSR count). The Labute approximate surface area is 212 Å². The highest BCUT2D eigenvalue weighted by molar-refractivity contribution is 5.98. The van der Waals surface area contributed by atoms with Gasteiger partial charge in [-0.2, -0.15) is 0 Å². The van der Waals surface area contributed by atoms with Crippen LogP contribution in [0.2, 0.25) is 0 Å². The number of aromatic nitrogens is 5. The van der Waals surface area contributed by atoms with Gasteiger partial charge in [0.05, 0.1) is 23.6 Å². The van der Waals surface area contributed by atoms with E-state index in [2.05, 4.69) is 30.9 Å². The Hall–Kier alpha value is -4.20. The van der Waals surface area contributed by atoms with Crippen LogP contribution in [0.4, 0.5) is 11.6 Å². The summed E-state index contributed by atoms with van der Waals surface area (Å²) in [5, 5.41) is 13.6. The maximum Gasteiger partial charge on any atom is 0.242 e. The summed E-state index contributed by atoms with van der Waals surface area (Å²) in [5.74, 6) is 0.585. The standard InChI is InChI=1S/C24H30N10O3/c25-10-4-3-5-16(27)24(36)31-20-9-8-15(13-29-20)19(35)14-34-18-7-2-1-6-17(18)30-23(34)21-22(28-12-11-26)33-37-32-21/h1-2,6-9,13,16H,3-5,10-12,14,25-27H2,(H,28,33)(H,29,31,36). The van der Waals surface area contributed by atoms with Crippen LogP contribution in [0.15, 0.2) is 47.2 Å². The lowest BCUT2D eigenvalue weighted by molar-refractivity contribution is -0.117. The van der Waals surface area contributed by atoms with Crippen LogP contribution in [0.3, 0.4) is 0 Å². The number of Topliss-reactive ketones (excluding diaryl/α,β-unsaturated/α-hetero) is 1. The molecule has 1 unspecified atom stereocenters. The summed E-state index contributed by atoms with van der Waals surface area (Å²) < 4.78 is 6.68. The van der Waals surface area contributed by atoms with E-state index in [1.54, 1.807) is 16.7 Å². The van der Waals surface area contributed by atoms with Crippen molar-refractivity contribution in [3.63, 3.8) is 0 Å². The molecule has 3 aromatic heterocycles. The van der Waals surface area contributed by atoms with Gasteiger partial charge < -0.3 is 32.4 Å². The lowest BCUT2D eigenvalue weighted by atomic mass is 10.1. The Morgan fingerprint density at radius 1 is 1.05 bits per heavy atom. The molecule has 13 nitrogen and oxygen atoms in total. The number of unbranched alkanes of at least 4 members (excludes halogenated alkanes) is 1. The van der Waals surface area contributed by atoms with E-state index in [0.29, 0.717) is 60.3 Å². The third-order valence-electron chi connectivity index (χ3n) is 5.74. The number of hydrogen-bond donors (Lipinski definition) is 5. The van der Waals surface area contributed by atoms with Gasteiger partial charge in [0.25, 0.3) is 0 Å². The monoisotopic (exact) mass is 506 g/mol. The molecule has 0 aliphatic carbocycles. The maximum absolute atomic E-state index is 13.2. The van der Waals surface area contributed by atoms with Crippen molar-refractivity contribution in [2.24, 2.45) is 17.2 Å². The quantitative estimate of drug-likeness (QED) is 0.128. The normalized spacial score (nSPS) is 12.0. The van der Waals surface area contributed by atoms with Crippen molar-refractivity contribution in [3.05, 3.63) is 48.2 Å². The number of pyridine rings is 1. The molecule has 4 aromatic rings. The van der Waals surface area contributed by atoms with Crippen LogP contribution < -0.4 is 27.8 Å². The molecular formula is C24H30N10O3. The van der Waals surface area contributed by atoms with Gasteiger partial charge in [-0.3, -0.25) is 9.59 Å². The van der Waals surface area contributed by atoms with E-state index >= 15 is 0 Å². The lowest BCUT2D eigenvalue weighted by Crippen LogP contribution is -2.35. The highest BCUT2D eigenvalue weighted by Gasteiger charge is 2.22. The second kappa shape index (κ2) is 12.2. The number of rotatable bonds is 13. The number of amides is 1. The van der Waals surface area contributed by atoms with E-state index in [1.807, 2.05) is 24.3 Å². The topological polar surface area (TPSA) is 206 Å². The Kier molecular flexibility index (Phi) is 8.51. The first-order valence-corrected chi connectivity index (χ1v) is 12.0. The number of ketones is 1. The maximum atomic E-state index is 13.2. The number of carbonyl (C=O) groups is 2. The fourth-order valence-corrected chi connectivity index (χ4v) is 3.78. The Balaban J connectivity index is 1.51. The van der Waals surface area contributed by atoms with E-state index in [0.717, 1.165) is 18.4 Å². The van der Waals surface area contributed by atoms with Crippen LogP contribution in [-0.2, 0) is 11.3 Å². The first kappa shape index (κ1) is 25.9. The zero-order valence-electron chi connectivity index (χ0n) is 20.3. The Morgan fingerprint density at radius 2 is 1.89 bits per heavy atom. The third-order valence-corrected chi connectivity index (χ3v) is 5.74. The highest BCUT2D eigenvalue weighted by Crippen LogP contribution is 2.28.